The van der Waals surface area contributed by atoms with Crippen molar-refractivity contribution >= 4 is 23.1 Å². The molecule has 52 heavy (non-hydrogen) atoms. The number of benzene rings is 6. The number of rotatable bonds is 1. The molecule has 0 amide bonds. The highest BCUT2D eigenvalue weighted by Gasteiger charge is 2.45. The smallest absolute Gasteiger partial charge is 0.201 e. The lowest BCUT2D eigenvalue weighted by Gasteiger charge is -2.38. The zero-order chi connectivity index (χ0) is 36.6. The topological polar surface area (TPSA) is 190 Å². The van der Waals surface area contributed by atoms with Crippen LogP contribution in [0.4, 0.5) is 0 Å². The van der Waals surface area contributed by atoms with Crippen molar-refractivity contribution in [3.63, 3.8) is 0 Å². The molecule has 9 rings (SSSR count). The maximum Gasteiger partial charge on any atom is 0.201 e. The van der Waals surface area contributed by atoms with Gasteiger partial charge in [0.05, 0.1) is 33.4 Å². The Morgan fingerprint density at radius 1 is 0.288 bits per heavy atom. The third-order valence-electron chi connectivity index (χ3n) is 9.91. The lowest BCUT2D eigenvalue weighted by atomic mass is 9.63. The quantitative estimate of drug-likeness (QED) is 0.112. The molecule has 0 radical (unpaired) electrons. The first-order valence-electron chi connectivity index (χ1n) is 16.1. The van der Waals surface area contributed by atoms with E-state index in [1.54, 1.807) is 48.5 Å². The summed E-state index contributed by atoms with van der Waals surface area (Å²) in [6.45, 7) is 0. The van der Waals surface area contributed by atoms with Crippen LogP contribution in [0.2, 0.25) is 0 Å². The molecule has 3 aliphatic carbocycles. The van der Waals surface area contributed by atoms with Gasteiger partial charge in [-0.15, -0.1) is 0 Å². The van der Waals surface area contributed by atoms with Gasteiger partial charge in [0.25, 0.3) is 0 Å². The molecule has 0 saturated carbocycles. The van der Waals surface area contributed by atoms with E-state index >= 15 is 0 Å². The van der Waals surface area contributed by atoms with Crippen molar-refractivity contribution in [2.75, 3.05) is 0 Å². The molecule has 6 aromatic rings. The number of hydrogen-bond acceptors (Lipinski definition) is 10. The molecule has 0 atom stereocenters. The SMILES string of the molecule is O=C1c2c(O)cccc2C(C2c3cccc(O)c3C(=O)c3c(O)cccc32)c2cccc(O)c21.O=C1c2cccc(O)c2C(=O)c2c(O)cccc21. The van der Waals surface area contributed by atoms with Crippen molar-refractivity contribution in [1.82, 2.24) is 0 Å². The molecule has 0 aromatic heterocycles. The van der Waals surface area contributed by atoms with Gasteiger partial charge in [-0.05, 0) is 58.7 Å². The summed E-state index contributed by atoms with van der Waals surface area (Å²) in [6, 6.07) is 27.9. The molecule has 0 bridgehead atoms. The Hall–Kier alpha value is -7.20. The lowest BCUT2D eigenvalue weighted by Crippen LogP contribution is -2.29. The van der Waals surface area contributed by atoms with Gasteiger partial charge in [0, 0.05) is 23.0 Å². The van der Waals surface area contributed by atoms with Crippen LogP contribution in [0, 0.1) is 0 Å². The van der Waals surface area contributed by atoms with E-state index in [9.17, 15) is 49.8 Å². The number of fused-ring (bicyclic) bond motifs is 6. The van der Waals surface area contributed by atoms with Crippen LogP contribution < -0.4 is 0 Å². The van der Waals surface area contributed by atoms with Gasteiger partial charge in [0.2, 0.25) is 17.3 Å². The molecule has 0 aliphatic heterocycles. The summed E-state index contributed by atoms with van der Waals surface area (Å²) in [4.78, 5) is 51.2. The summed E-state index contributed by atoms with van der Waals surface area (Å²) in [6.07, 6.45) is 0. The highest BCUT2D eigenvalue weighted by atomic mass is 16.3. The number of carbonyl (C=O) groups excluding carboxylic acids is 4. The summed E-state index contributed by atoms with van der Waals surface area (Å²) in [7, 11) is 0. The van der Waals surface area contributed by atoms with E-state index < -0.39 is 29.2 Å². The number of hydrogen-bond donors (Lipinski definition) is 6. The normalized spacial score (nSPS) is 14.2. The van der Waals surface area contributed by atoms with Gasteiger partial charge in [-0.25, -0.2) is 0 Å². The van der Waals surface area contributed by atoms with E-state index in [0.29, 0.717) is 22.3 Å². The number of ketones is 4. The molecule has 3 aliphatic rings. The molecule has 0 spiro atoms. The highest BCUT2D eigenvalue weighted by molar-refractivity contribution is 6.30. The molecule has 0 heterocycles. The first-order valence-corrected chi connectivity index (χ1v) is 16.1. The number of carbonyl (C=O) groups is 4. The zero-order valence-electron chi connectivity index (χ0n) is 26.9. The predicted octanol–water partition coefficient (Wildman–Crippen LogP) is 6.44. The van der Waals surface area contributed by atoms with Crippen LogP contribution in [-0.2, 0) is 0 Å². The Labute approximate surface area is 294 Å². The third kappa shape index (κ3) is 4.51. The summed E-state index contributed by atoms with van der Waals surface area (Å²) >= 11 is 0. The molecule has 0 fully saturated rings. The summed E-state index contributed by atoms with van der Waals surface area (Å²) in [5.41, 5.74) is 2.71. The number of phenols is 6. The summed E-state index contributed by atoms with van der Waals surface area (Å²) in [5.74, 6) is -4.41. The monoisotopic (exact) mass is 690 g/mol. The molecule has 10 heteroatoms. The van der Waals surface area contributed by atoms with Gasteiger partial charge in [-0.3, -0.25) is 19.2 Å². The average Bonchev–Trinajstić information content (AvgIpc) is 3.12. The number of aromatic hydroxyl groups is 6. The first-order chi connectivity index (χ1) is 25.0. The molecule has 254 valence electrons. The second kappa shape index (κ2) is 11.7. The van der Waals surface area contributed by atoms with Crippen LogP contribution in [0.25, 0.3) is 0 Å². The Morgan fingerprint density at radius 3 is 0.808 bits per heavy atom. The Morgan fingerprint density at radius 2 is 0.519 bits per heavy atom. The largest absolute Gasteiger partial charge is 0.507 e. The van der Waals surface area contributed by atoms with E-state index in [-0.39, 0.29) is 84.8 Å². The van der Waals surface area contributed by atoms with Crippen LogP contribution in [0.1, 0.15) is 97.8 Å². The van der Waals surface area contributed by atoms with Crippen molar-refractivity contribution in [3.05, 3.63) is 176 Å². The molecule has 6 aromatic carbocycles. The van der Waals surface area contributed by atoms with Crippen molar-refractivity contribution < 1.29 is 49.8 Å². The zero-order valence-corrected chi connectivity index (χ0v) is 26.9. The fraction of sp³-hybridized carbons (Fsp3) is 0.0476. The maximum absolute atomic E-state index is 13.4. The molecular formula is C42H26O10. The van der Waals surface area contributed by atoms with E-state index in [1.807, 2.05) is 0 Å². The molecule has 6 N–H and O–H groups in total. The maximum atomic E-state index is 13.4. The molecule has 10 nitrogen and oxygen atoms in total. The van der Waals surface area contributed by atoms with E-state index in [4.69, 9.17) is 0 Å². The van der Waals surface area contributed by atoms with Gasteiger partial charge in [0.1, 0.15) is 34.5 Å². The second-order valence-corrected chi connectivity index (χ2v) is 12.6. The van der Waals surface area contributed by atoms with Crippen molar-refractivity contribution in [2.24, 2.45) is 0 Å². The average molecular weight is 691 g/mol. The molecule has 0 saturated heterocycles. The summed E-state index contributed by atoms with van der Waals surface area (Å²) in [5, 5.41) is 62.0. The minimum absolute atomic E-state index is 0.0449. The van der Waals surface area contributed by atoms with Gasteiger partial charge in [-0.2, -0.15) is 0 Å². The second-order valence-electron chi connectivity index (χ2n) is 12.6. The van der Waals surface area contributed by atoms with E-state index in [2.05, 4.69) is 0 Å². The van der Waals surface area contributed by atoms with Gasteiger partial charge in [0.15, 0.2) is 5.78 Å². The Kier molecular flexibility index (Phi) is 7.21. The standard InChI is InChI=1S/C28H18O6.C14H8O4/c29-17-9-1-5-13-21(14-6-2-10-18(30)24(14)27(33)23(13)17)22-15-7-3-11-19(31)25(15)28(34)26-16(22)8-4-12-20(26)32;15-9-5-1-3-7-11(9)14(18)12-8(13(7)17)4-2-6-10(12)16/h1-12,21-22,29-32H;1-6,15-16H. The van der Waals surface area contributed by atoms with Crippen molar-refractivity contribution in [3.8, 4) is 34.5 Å². The minimum atomic E-state index is -0.601. The van der Waals surface area contributed by atoms with Crippen LogP contribution in [0.15, 0.2) is 109 Å². The Bertz CT molecular complexity index is 2300. The van der Waals surface area contributed by atoms with Crippen LogP contribution in [0.3, 0.4) is 0 Å². The fourth-order valence-corrected chi connectivity index (χ4v) is 7.77. The highest BCUT2D eigenvalue weighted by Crippen LogP contribution is 2.55. The van der Waals surface area contributed by atoms with Gasteiger partial charge in [-0.1, -0.05) is 72.8 Å². The fourth-order valence-electron chi connectivity index (χ4n) is 7.77. The third-order valence-corrected chi connectivity index (χ3v) is 9.91. The summed E-state index contributed by atoms with van der Waals surface area (Å²) < 4.78 is 0. The van der Waals surface area contributed by atoms with E-state index in [1.165, 1.54) is 60.7 Å². The Balaban J connectivity index is 0.000000181. The molecular weight excluding hydrogens is 664 g/mol. The number of phenolic OH excluding ortho intramolecular Hbond substituents is 6. The van der Waals surface area contributed by atoms with Crippen LogP contribution >= 0.6 is 0 Å². The van der Waals surface area contributed by atoms with Crippen molar-refractivity contribution in [2.45, 2.75) is 11.8 Å². The minimum Gasteiger partial charge on any atom is -0.507 e. The van der Waals surface area contributed by atoms with Crippen molar-refractivity contribution in [1.29, 1.82) is 0 Å². The van der Waals surface area contributed by atoms with Crippen LogP contribution in [0.5, 0.6) is 34.5 Å². The van der Waals surface area contributed by atoms with E-state index in [0.717, 1.165) is 0 Å². The lowest BCUT2D eigenvalue weighted by molar-refractivity contribution is 0.0974. The van der Waals surface area contributed by atoms with Gasteiger partial charge < -0.3 is 30.6 Å². The predicted molar refractivity (Wildman–Crippen MR) is 186 cm³/mol. The molecule has 0 unspecified atom stereocenters. The first kappa shape index (κ1) is 32.0. The van der Waals surface area contributed by atoms with Gasteiger partial charge >= 0.3 is 0 Å². The van der Waals surface area contributed by atoms with Crippen LogP contribution in [-0.4, -0.2) is 53.8 Å².